The average Bonchev–Trinajstić information content (AvgIpc) is 2.53. The van der Waals surface area contributed by atoms with Crippen LogP contribution in [-0.4, -0.2) is 32.0 Å². The zero-order valence-electron chi connectivity index (χ0n) is 14.4. The van der Waals surface area contributed by atoms with E-state index in [0.717, 1.165) is 24.3 Å². The molecule has 2 aromatic rings. The van der Waals surface area contributed by atoms with Gasteiger partial charge in [-0.2, -0.15) is 13.2 Å². The minimum atomic E-state index is -4.44. The molecule has 2 aromatic carbocycles. The normalized spacial score (nSPS) is 12.3. The molecule has 3 N–H and O–H groups in total. The summed E-state index contributed by atoms with van der Waals surface area (Å²) >= 11 is 0. The van der Waals surface area contributed by atoms with E-state index in [1.165, 1.54) is 24.3 Å². The van der Waals surface area contributed by atoms with E-state index in [1.807, 2.05) is 0 Å². The zero-order valence-corrected chi connectivity index (χ0v) is 14.4. The third kappa shape index (κ3) is 6.70. The first-order chi connectivity index (χ1) is 12.6. The fourth-order valence-electron chi connectivity index (χ4n) is 2.33. The maximum atomic E-state index is 13.1. The van der Waals surface area contributed by atoms with Crippen LogP contribution in [0.25, 0.3) is 0 Å². The van der Waals surface area contributed by atoms with Crippen LogP contribution in [0.4, 0.5) is 28.9 Å². The Morgan fingerprint density at radius 1 is 0.926 bits per heavy atom. The highest BCUT2D eigenvalue weighted by Crippen LogP contribution is 2.29. The second kappa shape index (κ2) is 8.63. The van der Waals surface area contributed by atoms with Crippen molar-refractivity contribution in [1.82, 2.24) is 0 Å². The van der Waals surface area contributed by atoms with Crippen molar-refractivity contribution in [3.8, 4) is 0 Å². The molecule has 0 spiro atoms. The van der Waals surface area contributed by atoms with Crippen molar-refractivity contribution < 1.29 is 32.1 Å². The van der Waals surface area contributed by atoms with E-state index in [2.05, 4.69) is 10.6 Å². The molecular formula is C18H18F4N3O2+. The molecule has 0 saturated carbocycles. The number of hydrogen-bond acceptors (Lipinski definition) is 2. The maximum absolute atomic E-state index is 13.1. The molecule has 144 valence electrons. The summed E-state index contributed by atoms with van der Waals surface area (Å²) in [6.45, 7) is -0.117. The van der Waals surface area contributed by atoms with Crippen LogP contribution in [-0.2, 0) is 15.8 Å². The van der Waals surface area contributed by atoms with Crippen molar-refractivity contribution in [1.29, 1.82) is 0 Å². The highest BCUT2D eigenvalue weighted by Gasteiger charge is 2.30. The van der Waals surface area contributed by atoms with Gasteiger partial charge in [0, 0.05) is 11.4 Å². The van der Waals surface area contributed by atoms with Gasteiger partial charge in [0.15, 0.2) is 13.1 Å². The highest BCUT2D eigenvalue weighted by atomic mass is 19.4. The van der Waals surface area contributed by atoms with Gasteiger partial charge in [-0.1, -0.05) is 6.07 Å². The Kier molecular flexibility index (Phi) is 6.51. The Balaban J connectivity index is 1.81. The number of benzene rings is 2. The van der Waals surface area contributed by atoms with E-state index in [-0.39, 0.29) is 18.8 Å². The Bertz CT molecular complexity index is 807. The molecule has 0 aromatic heterocycles. The number of hydrogen-bond donors (Lipinski definition) is 3. The van der Waals surface area contributed by atoms with Crippen molar-refractivity contribution in [2.45, 2.75) is 6.18 Å². The van der Waals surface area contributed by atoms with Crippen LogP contribution in [0.1, 0.15) is 5.56 Å². The van der Waals surface area contributed by atoms with Crippen LogP contribution in [0, 0.1) is 5.82 Å². The first-order valence-corrected chi connectivity index (χ1v) is 7.97. The van der Waals surface area contributed by atoms with E-state index in [4.69, 9.17) is 0 Å². The van der Waals surface area contributed by atoms with Crippen LogP contribution in [0.5, 0.6) is 0 Å². The van der Waals surface area contributed by atoms with Crippen molar-refractivity contribution >= 4 is 23.2 Å². The van der Waals surface area contributed by atoms with Gasteiger partial charge in [0.2, 0.25) is 0 Å². The monoisotopic (exact) mass is 384 g/mol. The van der Waals surface area contributed by atoms with E-state index in [0.29, 0.717) is 10.6 Å². The van der Waals surface area contributed by atoms with Gasteiger partial charge in [-0.05, 0) is 42.5 Å². The third-order valence-corrected chi connectivity index (χ3v) is 3.53. The number of carbonyl (C=O) groups excluding carboxylic acids is 2. The summed E-state index contributed by atoms with van der Waals surface area (Å²) in [5.74, 6) is -1.34. The number of quaternary nitrogens is 1. The summed E-state index contributed by atoms with van der Waals surface area (Å²) in [6, 6.07) is 9.48. The largest absolute Gasteiger partial charge is 0.416 e. The molecule has 0 aliphatic carbocycles. The zero-order chi connectivity index (χ0) is 20.0. The summed E-state index contributed by atoms with van der Waals surface area (Å²) in [4.78, 5) is 24.4. The lowest BCUT2D eigenvalue weighted by atomic mass is 10.2. The Hall–Kier alpha value is -2.94. The molecular weight excluding hydrogens is 366 g/mol. The van der Waals surface area contributed by atoms with Crippen LogP contribution >= 0.6 is 0 Å². The number of alkyl halides is 3. The summed E-state index contributed by atoms with van der Waals surface area (Å²) in [6.07, 6.45) is -4.44. The Morgan fingerprint density at radius 2 is 1.48 bits per heavy atom. The third-order valence-electron chi connectivity index (χ3n) is 3.53. The van der Waals surface area contributed by atoms with Crippen LogP contribution in [0.15, 0.2) is 48.5 Å². The predicted molar refractivity (Wildman–Crippen MR) is 91.7 cm³/mol. The number of nitrogens with one attached hydrogen (secondary N) is 3. The molecule has 0 aliphatic rings. The second-order valence-corrected chi connectivity index (χ2v) is 5.99. The van der Waals surface area contributed by atoms with Gasteiger partial charge in [-0.15, -0.1) is 0 Å². The SMILES string of the molecule is C[NH+](CC(=O)Nc1ccc(C(F)(F)F)cc1)CC(=O)Nc1cccc(F)c1. The van der Waals surface area contributed by atoms with Gasteiger partial charge < -0.3 is 15.5 Å². The van der Waals surface area contributed by atoms with E-state index >= 15 is 0 Å². The topological polar surface area (TPSA) is 62.6 Å². The molecule has 0 fully saturated rings. The Labute approximate surface area is 153 Å². The number of rotatable bonds is 6. The number of likely N-dealkylation sites (N-methyl/N-ethyl adjacent to an activating group) is 1. The lowest BCUT2D eigenvalue weighted by Gasteiger charge is -2.14. The predicted octanol–water partition coefficient (Wildman–Crippen LogP) is 1.94. The van der Waals surface area contributed by atoms with Crippen molar-refractivity contribution in [3.05, 3.63) is 59.9 Å². The molecule has 1 unspecified atom stereocenters. The van der Waals surface area contributed by atoms with Crippen molar-refractivity contribution in [2.24, 2.45) is 0 Å². The van der Waals surface area contributed by atoms with Gasteiger partial charge in [-0.3, -0.25) is 9.59 Å². The summed E-state index contributed by atoms with van der Waals surface area (Å²) < 4.78 is 50.6. The quantitative estimate of drug-likeness (QED) is 0.667. The molecule has 0 aliphatic heterocycles. The molecule has 2 amide bonds. The maximum Gasteiger partial charge on any atom is 0.416 e. The standard InChI is InChI=1S/C18H17F4N3O2/c1-25(11-17(27)24-15-4-2-3-13(19)9-15)10-16(26)23-14-7-5-12(6-8-14)18(20,21)22/h2-9H,10-11H2,1H3,(H,23,26)(H,24,27)/p+1. The number of carbonyl (C=O) groups is 2. The second-order valence-electron chi connectivity index (χ2n) is 5.99. The fourth-order valence-corrected chi connectivity index (χ4v) is 2.33. The molecule has 9 heteroatoms. The van der Waals surface area contributed by atoms with E-state index in [1.54, 1.807) is 7.05 Å². The first-order valence-electron chi connectivity index (χ1n) is 7.97. The lowest BCUT2D eigenvalue weighted by Crippen LogP contribution is -3.11. The minimum absolute atomic E-state index is 0.0447. The fraction of sp³-hybridized carbons (Fsp3) is 0.222. The molecule has 0 heterocycles. The number of anilines is 2. The van der Waals surface area contributed by atoms with Gasteiger partial charge in [-0.25, -0.2) is 4.39 Å². The van der Waals surface area contributed by atoms with E-state index < -0.39 is 29.4 Å². The van der Waals surface area contributed by atoms with Gasteiger partial charge >= 0.3 is 6.18 Å². The van der Waals surface area contributed by atoms with Crippen LogP contribution in [0.3, 0.4) is 0 Å². The number of halogens is 4. The average molecular weight is 384 g/mol. The molecule has 27 heavy (non-hydrogen) atoms. The number of amides is 2. The minimum Gasteiger partial charge on any atom is -0.322 e. The highest BCUT2D eigenvalue weighted by molar-refractivity contribution is 5.93. The first kappa shape index (κ1) is 20.4. The lowest BCUT2D eigenvalue weighted by molar-refractivity contribution is -0.862. The summed E-state index contributed by atoms with van der Waals surface area (Å²) in [5.41, 5.74) is -0.274. The van der Waals surface area contributed by atoms with Crippen molar-refractivity contribution in [3.63, 3.8) is 0 Å². The summed E-state index contributed by atoms with van der Waals surface area (Å²) in [5, 5.41) is 4.99. The van der Waals surface area contributed by atoms with E-state index in [9.17, 15) is 27.2 Å². The van der Waals surface area contributed by atoms with Crippen LogP contribution in [0.2, 0.25) is 0 Å². The summed E-state index contributed by atoms with van der Waals surface area (Å²) in [7, 11) is 1.61. The van der Waals surface area contributed by atoms with Crippen LogP contribution < -0.4 is 15.5 Å². The van der Waals surface area contributed by atoms with Gasteiger partial charge in [0.05, 0.1) is 12.6 Å². The molecule has 1 atom stereocenters. The molecule has 5 nitrogen and oxygen atoms in total. The molecule has 0 saturated heterocycles. The van der Waals surface area contributed by atoms with Crippen molar-refractivity contribution in [2.75, 3.05) is 30.8 Å². The molecule has 0 radical (unpaired) electrons. The Morgan fingerprint density at radius 3 is 2.00 bits per heavy atom. The van der Waals surface area contributed by atoms with Gasteiger partial charge in [0.1, 0.15) is 5.82 Å². The molecule has 2 rings (SSSR count). The molecule has 0 bridgehead atoms. The van der Waals surface area contributed by atoms with Gasteiger partial charge in [0.25, 0.3) is 11.8 Å². The smallest absolute Gasteiger partial charge is 0.322 e.